The monoisotopic (exact) mass is 314 g/mol. The number of benzene rings is 1. The molecule has 23 heavy (non-hydrogen) atoms. The van der Waals surface area contributed by atoms with Gasteiger partial charge in [0, 0.05) is 30.9 Å². The van der Waals surface area contributed by atoms with Gasteiger partial charge in [0.1, 0.15) is 11.3 Å². The number of piperidine rings is 1. The Balaban J connectivity index is 1.58. The third-order valence-electron chi connectivity index (χ3n) is 4.82. The zero-order valence-electron chi connectivity index (χ0n) is 14.3. The van der Waals surface area contributed by atoms with Gasteiger partial charge in [0.2, 0.25) is 5.91 Å². The Morgan fingerprint density at radius 3 is 2.96 bits per heavy atom. The fraction of sp³-hybridized carbons (Fsp3) is 0.526. The highest BCUT2D eigenvalue weighted by molar-refractivity contribution is 5.78. The van der Waals surface area contributed by atoms with Crippen molar-refractivity contribution in [3.8, 4) is 0 Å². The van der Waals surface area contributed by atoms with Gasteiger partial charge in [-0.1, -0.05) is 25.5 Å². The average Bonchev–Trinajstić information content (AvgIpc) is 2.94. The van der Waals surface area contributed by atoms with E-state index in [4.69, 9.17) is 4.42 Å². The number of hydrogen-bond donors (Lipinski definition) is 1. The van der Waals surface area contributed by atoms with Gasteiger partial charge < -0.3 is 14.6 Å². The van der Waals surface area contributed by atoms with Crippen LogP contribution < -0.4 is 5.32 Å². The van der Waals surface area contributed by atoms with E-state index < -0.39 is 0 Å². The van der Waals surface area contributed by atoms with Crippen LogP contribution in [0, 0.1) is 12.8 Å². The maximum absolute atomic E-state index is 11.8. The number of likely N-dealkylation sites (tertiary alicyclic amines) is 1. The van der Waals surface area contributed by atoms with E-state index in [9.17, 15) is 4.79 Å². The van der Waals surface area contributed by atoms with E-state index in [0.29, 0.717) is 18.4 Å². The maximum atomic E-state index is 11.8. The Hall–Kier alpha value is -1.81. The summed E-state index contributed by atoms with van der Waals surface area (Å²) >= 11 is 0. The van der Waals surface area contributed by atoms with Crippen molar-refractivity contribution in [2.24, 2.45) is 5.92 Å². The van der Waals surface area contributed by atoms with Gasteiger partial charge in [-0.2, -0.15) is 0 Å². The van der Waals surface area contributed by atoms with Gasteiger partial charge in [-0.05, 0) is 37.5 Å². The minimum Gasteiger partial charge on any atom is -0.460 e. The summed E-state index contributed by atoms with van der Waals surface area (Å²) in [7, 11) is 0. The van der Waals surface area contributed by atoms with Gasteiger partial charge in [-0.15, -0.1) is 0 Å². The Morgan fingerprint density at radius 2 is 2.22 bits per heavy atom. The number of hydrogen-bond acceptors (Lipinski definition) is 3. The number of carbonyl (C=O) groups is 1. The molecule has 0 bridgehead atoms. The zero-order valence-corrected chi connectivity index (χ0v) is 14.3. The van der Waals surface area contributed by atoms with Crippen LogP contribution in [0.15, 0.2) is 28.7 Å². The average molecular weight is 314 g/mol. The minimum atomic E-state index is 0.267. The molecule has 1 aliphatic rings. The molecule has 124 valence electrons. The Kier molecular flexibility index (Phi) is 4.71. The van der Waals surface area contributed by atoms with Crippen LogP contribution in [0.4, 0.5) is 0 Å². The van der Waals surface area contributed by atoms with Crippen molar-refractivity contribution in [3.63, 3.8) is 0 Å². The van der Waals surface area contributed by atoms with E-state index in [2.05, 4.69) is 37.4 Å². The Labute approximate surface area is 137 Å². The SMILES string of the molecule is CCC(=O)N1CC[C@@H](NCc2cc3cc(C)ccc3o2)[C@H](C)C1. The first-order chi connectivity index (χ1) is 11.1. The molecule has 1 aromatic heterocycles. The summed E-state index contributed by atoms with van der Waals surface area (Å²) in [6, 6.07) is 8.82. The van der Waals surface area contributed by atoms with E-state index in [0.717, 1.165) is 37.4 Å². The van der Waals surface area contributed by atoms with Gasteiger partial charge in [-0.25, -0.2) is 0 Å². The summed E-state index contributed by atoms with van der Waals surface area (Å²) in [4.78, 5) is 13.8. The maximum Gasteiger partial charge on any atom is 0.222 e. The van der Waals surface area contributed by atoms with Crippen LogP contribution in [-0.4, -0.2) is 29.9 Å². The van der Waals surface area contributed by atoms with Crippen molar-refractivity contribution in [2.45, 2.75) is 46.2 Å². The van der Waals surface area contributed by atoms with Gasteiger partial charge in [0.25, 0.3) is 0 Å². The van der Waals surface area contributed by atoms with Crippen LogP contribution >= 0.6 is 0 Å². The van der Waals surface area contributed by atoms with Gasteiger partial charge in [0.15, 0.2) is 0 Å². The number of amides is 1. The van der Waals surface area contributed by atoms with E-state index in [-0.39, 0.29) is 5.91 Å². The van der Waals surface area contributed by atoms with E-state index in [1.807, 2.05) is 17.9 Å². The number of furan rings is 1. The second-order valence-electron chi connectivity index (χ2n) is 6.70. The lowest BCUT2D eigenvalue weighted by molar-refractivity contribution is -0.132. The van der Waals surface area contributed by atoms with Crippen LogP contribution in [0.2, 0.25) is 0 Å². The van der Waals surface area contributed by atoms with Crippen molar-refractivity contribution >= 4 is 16.9 Å². The van der Waals surface area contributed by atoms with Crippen LogP contribution in [0.25, 0.3) is 11.0 Å². The predicted molar refractivity (Wildman–Crippen MR) is 92.2 cm³/mol. The molecule has 2 aromatic rings. The summed E-state index contributed by atoms with van der Waals surface area (Å²) < 4.78 is 5.90. The molecular formula is C19H26N2O2. The Morgan fingerprint density at radius 1 is 1.39 bits per heavy atom. The first-order valence-electron chi connectivity index (χ1n) is 8.57. The van der Waals surface area contributed by atoms with Gasteiger partial charge in [0.05, 0.1) is 6.54 Å². The molecule has 0 spiro atoms. The number of fused-ring (bicyclic) bond motifs is 1. The van der Waals surface area contributed by atoms with Crippen molar-refractivity contribution < 1.29 is 9.21 Å². The molecule has 1 saturated heterocycles. The number of carbonyl (C=O) groups excluding carboxylic acids is 1. The lowest BCUT2D eigenvalue weighted by atomic mass is 9.93. The molecule has 4 nitrogen and oxygen atoms in total. The molecule has 3 rings (SSSR count). The molecule has 1 aliphatic heterocycles. The van der Waals surface area contributed by atoms with Gasteiger partial charge in [-0.3, -0.25) is 4.79 Å². The van der Waals surface area contributed by atoms with Crippen LogP contribution in [-0.2, 0) is 11.3 Å². The molecule has 4 heteroatoms. The molecule has 0 unspecified atom stereocenters. The molecule has 2 heterocycles. The first-order valence-corrected chi connectivity index (χ1v) is 8.57. The van der Waals surface area contributed by atoms with Crippen molar-refractivity contribution in [3.05, 3.63) is 35.6 Å². The van der Waals surface area contributed by atoms with Crippen molar-refractivity contribution in [2.75, 3.05) is 13.1 Å². The molecule has 1 amide bonds. The van der Waals surface area contributed by atoms with Crippen molar-refractivity contribution in [1.82, 2.24) is 10.2 Å². The highest BCUT2D eigenvalue weighted by Crippen LogP contribution is 2.22. The molecule has 0 saturated carbocycles. The number of rotatable bonds is 4. The van der Waals surface area contributed by atoms with Crippen molar-refractivity contribution in [1.29, 1.82) is 0 Å². The lowest BCUT2D eigenvalue weighted by Crippen LogP contribution is -2.49. The molecule has 1 N–H and O–H groups in total. The number of nitrogens with zero attached hydrogens (tertiary/aromatic N) is 1. The topological polar surface area (TPSA) is 45.5 Å². The molecule has 1 fully saturated rings. The molecule has 0 aliphatic carbocycles. The summed E-state index contributed by atoms with van der Waals surface area (Å²) in [5.41, 5.74) is 2.20. The quantitative estimate of drug-likeness (QED) is 0.940. The zero-order chi connectivity index (χ0) is 16.4. The van der Waals surface area contributed by atoms with Crippen LogP contribution in [0.1, 0.15) is 38.0 Å². The largest absolute Gasteiger partial charge is 0.460 e. The van der Waals surface area contributed by atoms with Crippen LogP contribution in [0.5, 0.6) is 0 Å². The second kappa shape index (κ2) is 6.75. The highest BCUT2D eigenvalue weighted by atomic mass is 16.3. The number of nitrogens with one attached hydrogen (secondary N) is 1. The molecule has 1 aromatic carbocycles. The third-order valence-corrected chi connectivity index (χ3v) is 4.82. The lowest BCUT2D eigenvalue weighted by Gasteiger charge is -2.37. The summed E-state index contributed by atoms with van der Waals surface area (Å²) in [6.45, 7) is 8.69. The van der Waals surface area contributed by atoms with E-state index >= 15 is 0 Å². The summed E-state index contributed by atoms with van der Waals surface area (Å²) in [5.74, 6) is 1.71. The minimum absolute atomic E-state index is 0.267. The van der Waals surface area contributed by atoms with E-state index in [1.165, 1.54) is 10.9 Å². The molecule has 2 atom stereocenters. The standard InChI is InChI=1S/C19H26N2O2/c1-4-19(22)21-8-7-17(14(3)12-21)20-11-16-10-15-9-13(2)5-6-18(15)23-16/h5-6,9-10,14,17,20H,4,7-8,11-12H2,1-3H3/t14-,17-/m1/s1. The predicted octanol–water partition coefficient (Wildman–Crippen LogP) is 3.48. The summed E-state index contributed by atoms with van der Waals surface area (Å²) in [5, 5.41) is 4.77. The number of aryl methyl sites for hydroxylation is 1. The highest BCUT2D eigenvalue weighted by Gasteiger charge is 2.27. The second-order valence-corrected chi connectivity index (χ2v) is 6.70. The van der Waals surface area contributed by atoms with Crippen LogP contribution in [0.3, 0.4) is 0 Å². The fourth-order valence-electron chi connectivity index (χ4n) is 3.44. The molecular weight excluding hydrogens is 288 g/mol. The fourth-order valence-corrected chi connectivity index (χ4v) is 3.44. The Bertz CT molecular complexity index is 692. The third kappa shape index (κ3) is 3.58. The van der Waals surface area contributed by atoms with E-state index in [1.54, 1.807) is 0 Å². The summed E-state index contributed by atoms with van der Waals surface area (Å²) in [6.07, 6.45) is 1.61. The smallest absolute Gasteiger partial charge is 0.222 e. The normalized spacial score (nSPS) is 21.8. The molecule has 0 radical (unpaired) electrons. The first kappa shape index (κ1) is 16.1. The van der Waals surface area contributed by atoms with Gasteiger partial charge >= 0.3 is 0 Å².